The second kappa shape index (κ2) is 48.0. The summed E-state index contributed by atoms with van der Waals surface area (Å²) < 4.78 is 93.4. The Bertz CT molecular complexity index is 6100. The first-order valence-electron chi connectivity index (χ1n) is 48.7. The maximum absolute atomic E-state index is 14.5. The van der Waals surface area contributed by atoms with Gasteiger partial charge in [-0.25, -0.2) is 30.4 Å². The lowest BCUT2D eigenvalue weighted by molar-refractivity contribution is -0.246. The highest BCUT2D eigenvalue weighted by atomic mass is 16.7. The standard InChI is InChI=1S/C104H125N11O32/c1-11-55-56(12-2)66-40-68-58(20-16-24-143-102(129)115-113-80(50-117)104(131)44-62-86(78(46-104)147-82-38-64(106)92(119)54(6)145-82)100(127)90-88(96(62)123)94(121)60-18-14-22-74(135-10)84(60)98(90)125)52(4)72(111-68)48-108-70-42-76(141-36-34-139-32-30-137-28-26-133-8)75(140-35-33-138-31-29-136-27-25-132-7)41-69(70)107-47-71-51(3)57(67(110-71)39-65(55)109-66)19-15-23-142-101(128)114-112-79(49-116)103(130)43-61-85(77(45-103)146-81-37-63(105)91(118)53(5)144-81)99(126)89-87(95(61)122)93(120)59-17-13-21-73(134-9)83(59)97(89)124/h13-14,17-18,21-22,39-42,47-48,53-54,63-64,77-78,81-82,91-92,109,116-119,122-123,126-127,130-131H,11-12,15-16,19-20,23-38,43-46,49-50,105-106H2,1-10H3,(H,114,128)(H,115,129)/b65-39?,66-40?,67-39?,68-40?,71-47?,72-48?,107-47?,107-69?,108-48?,108-70?,112-79+,113-80+/t53-,54-,63-,64-,77-,78-,81-,82-,91+,92+,103-,104-/m0/s1. The fraction of sp³-hybridized carbons (Fsp3) is 0.481. The van der Waals surface area contributed by atoms with Gasteiger partial charge in [0.15, 0.2) is 35.6 Å². The van der Waals surface area contributed by atoms with Crippen molar-refractivity contribution < 1.29 is 156 Å². The van der Waals surface area contributed by atoms with Crippen molar-refractivity contribution in [1.29, 1.82) is 0 Å². The van der Waals surface area contributed by atoms with E-state index in [1.807, 2.05) is 39.8 Å². The van der Waals surface area contributed by atoms with Crippen LogP contribution in [0.2, 0.25) is 0 Å². The number of nitrogens with one attached hydrogen (secondary N) is 3. The molecule has 4 aliphatic heterocycles. The summed E-state index contributed by atoms with van der Waals surface area (Å²) in [6, 6.07) is 14.1. The molecule has 4 aliphatic carbocycles. The summed E-state index contributed by atoms with van der Waals surface area (Å²) in [5.74, 6) is -5.88. The number of phenolic OH excluding ortho intramolecular Hbond substituents is 4. The Hall–Kier alpha value is -12.7. The number of fused-ring (bicyclic) bond motifs is 13. The number of aryl methyl sites for hydroxylation is 2. The summed E-state index contributed by atoms with van der Waals surface area (Å²) in [4.78, 5) is 110. The molecule has 0 saturated carbocycles. The molecule has 2 saturated heterocycles. The van der Waals surface area contributed by atoms with Crippen molar-refractivity contribution in [2.24, 2.45) is 21.7 Å². The topological polar surface area (TPSA) is 621 Å². The third-order valence-electron chi connectivity index (χ3n) is 27.4. The number of H-pyrrole nitrogens is 1. The molecule has 6 heterocycles. The van der Waals surface area contributed by atoms with Crippen LogP contribution in [-0.2, 0) is 82.5 Å². The molecule has 2 fully saturated rings. The number of aliphatic hydroxyl groups excluding tert-OH is 4. The fourth-order valence-electron chi connectivity index (χ4n) is 19.8. The second-order valence-corrected chi connectivity index (χ2v) is 36.6. The summed E-state index contributed by atoms with van der Waals surface area (Å²) >= 11 is 0. The molecule has 0 spiro atoms. The molecule has 0 unspecified atom stereocenters. The smallest absolute Gasteiger partial charge is 0.427 e. The Morgan fingerprint density at radius 1 is 0.497 bits per heavy atom. The molecule has 147 heavy (non-hydrogen) atoms. The molecule has 6 bridgehead atoms. The van der Waals surface area contributed by atoms with Crippen LogP contribution in [0.1, 0.15) is 225 Å². The minimum Gasteiger partial charge on any atom is -0.507 e. The van der Waals surface area contributed by atoms with Crippen molar-refractivity contribution in [3.63, 3.8) is 0 Å². The third kappa shape index (κ3) is 23.1. The van der Waals surface area contributed by atoms with E-state index in [0.717, 1.165) is 22.3 Å². The number of ketones is 4. The number of ether oxygens (including phenoxy) is 16. The van der Waals surface area contributed by atoms with Gasteiger partial charge in [-0.15, -0.1) is 0 Å². The molecule has 43 nitrogen and oxygen atoms in total. The Morgan fingerprint density at radius 2 is 0.871 bits per heavy atom. The van der Waals surface area contributed by atoms with E-state index in [1.165, 1.54) is 50.6 Å². The van der Waals surface area contributed by atoms with Crippen LogP contribution in [-0.4, -0.2) is 317 Å². The third-order valence-corrected chi connectivity index (χ3v) is 27.4. The number of aromatic amines is 1. The lowest BCUT2D eigenvalue weighted by atomic mass is 9.71. The molecule has 788 valence electrons. The zero-order chi connectivity index (χ0) is 105. The molecule has 12 atom stereocenters. The number of allylic oxidation sites excluding steroid dienone is 4. The number of benzene rings is 5. The van der Waals surface area contributed by atoms with Crippen molar-refractivity contribution in [3.05, 3.63) is 174 Å². The number of hydrogen-bond acceptors (Lipinski definition) is 40. The van der Waals surface area contributed by atoms with Crippen molar-refractivity contribution in [2.75, 3.05) is 134 Å². The first-order chi connectivity index (χ1) is 70.8. The number of aromatic nitrogens is 5. The number of carbonyl (C=O) groups is 6. The first kappa shape index (κ1) is 108. The lowest BCUT2D eigenvalue weighted by Gasteiger charge is -2.43. The lowest BCUT2D eigenvalue weighted by Crippen LogP contribution is -2.53. The number of amides is 2. The maximum Gasteiger partial charge on any atom is 0.427 e. The molecule has 15 rings (SSSR count). The number of hydrazone groups is 2. The van der Waals surface area contributed by atoms with Gasteiger partial charge in [0, 0.05) is 121 Å². The van der Waals surface area contributed by atoms with Crippen molar-refractivity contribution in [1.82, 2.24) is 35.8 Å². The van der Waals surface area contributed by atoms with Gasteiger partial charge in [-0.05, 0) is 124 Å². The number of methoxy groups -OCH3 is 4. The van der Waals surface area contributed by atoms with Crippen molar-refractivity contribution in [3.8, 4) is 46.0 Å². The molecule has 0 radical (unpaired) electrons. The van der Waals surface area contributed by atoms with E-state index in [-0.39, 0.29) is 159 Å². The van der Waals surface area contributed by atoms with Gasteiger partial charge in [0.05, 0.1) is 234 Å². The highest BCUT2D eigenvalue weighted by molar-refractivity contribution is 6.32. The normalized spacial score (nSPS) is 22.2. The van der Waals surface area contributed by atoms with E-state index >= 15 is 0 Å². The molecule has 2 aromatic heterocycles. The zero-order valence-electron chi connectivity index (χ0n) is 83.3. The fourth-order valence-corrected chi connectivity index (χ4v) is 19.8. The van der Waals surface area contributed by atoms with E-state index in [2.05, 4.69) is 26.0 Å². The number of hydrogen-bond donors (Lipinski definition) is 15. The number of aliphatic hydroxyl groups is 6. The van der Waals surface area contributed by atoms with E-state index in [0.29, 0.717) is 108 Å². The number of aromatic hydroxyl groups is 4. The summed E-state index contributed by atoms with van der Waals surface area (Å²) in [5, 5.41) is 127. The Morgan fingerprint density at radius 3 is 1.23 bits per heavy atom. The Balaban J connectivity index is 0.717. The van der Waals surface area contributed by atoms with Gasteiger partial charge in [-0.1, -0.05) is 38.1 Å². The zero-order valence-corrected chi connectivity index (χ0v) is 83.3. The molecule has 7 aromatic rings. The number of nitrogens with zero attached hydrogens (tertiary/aromatic N) is 6. The van der Waals surface area contributed by atoms with Crippen LogP contribution in [0.3, 0.4) is 0 Å². The molecular formula is C104H125N11O32. The number of carbonyl (C=O) groups excluding carboxylic acids is 6. The molecule has 8 aliphatic rings. The van der Waals surface area contributed by atoms with Gasteiger partial charge < -0.3 is 143 Å². The summed E-state index contributed by atoms with van der Waals surface area (Å²) in [6.45, 7) is 11.6. The predicted octanol–water partition coefficient (Wildman–Crippen LogP) is 8.06. The minimum atomic E-state index is -2.35. The molecule has 5 aromatic carbocycles. The average molecular weight is 2040 g/mol. The predicted molar refractivity (Wildman–Crippen MR) is 529 cm³/mol. The van der Waals surface area contributed by atoms with Gasteiger partial charge in [-0.2, -0.15) is 10.2 Å². The molecular weight excluding hydrogens is 1920 g/mol. The minimum absolute atomic E-state index is 0.0260. The Kier molecular flexibility index (Phi) is 35.5. The number of phenols is 4. The second-order valence-electron chi connectivity index (χ2n) is 36.6. The van der Waals surface area contributed by atoms with Gasteiger partial charge in [0.2, 0.25) is 11.6 Å². The van der Waals surface area contributed by atoms with Gasteiger partial charge in [0.25, 0.3) is 0 Å². The number of nitrogens with two attached hydrogens (primary N) is 2. The molecule has 17 N–H and O–H groups in total. The van der Waals surface area contributed by atoms with E-state index in [1.54, 1.807) is 52.6 Å². The largest absolute Gasteiger partial charge is 0.507 e. The van der Waals surface area contributed by atoms with Crippen LogP contribution < -0.4 is 41.3 Å². The van der Waals surface area contributed by atoms with Crippen LogP contribution in [0.15, 0.2) is 83.3 Å². The van der Waals surface area contributed by atoms with Gasteiger partial charge >= 0.3 is 12.2 Å². The van der Waals surface area contributed by atoms with Gasteiger partial charge in [0.1, 0.15) is 58.9 Å². The van der Waals surface area contributed by atoms with Crippen molar-refractivity contribution >= 4 is 91.1 Å². The summed E-state index contributed by atoms with van der Waals surface area (Å²) in [7, 11) is 5.77. The van der Waals surface area contributed by atoms with Crippen LogP contribution in [0.5, 0.6) is 46.0 Å². The number of rotatable bonds is 42. The first-order valence-corrected chi connectivity index (χ1v) is 48.7. The molecule has 2 amide bonds. The quantitative estimate of drug-likeness (QED) is 0.00744. The SMILES string of the molecule is CCc1c(CC)c2cc3nc(cnc4cc(OCCOCCOCCOC)c(OCCOCCOCCOC)cc4ncc4nc(cc1[nH]2)C(CCCOC(=O)N/N=C(\CO)[C@]1(O)Cc2c(O)c5c(c(O)c2[C@@H](O[C@H]2C[C@H](N)[C@H](O)[C@H](C)O2)C1)C(=O)c1c(OC)cccc1C5=O)=C4C)C(C)=C3CCCOC(=O)N/N=C(\CO)[C@]1(O)Cc2c(O)c3c(c(O)c2[C@@H](O[C@H]2C[C@H](N)[C@H](O)[C@H](C)O2)C1)C(=O)c1c(OC)cccc1C3=O. The van der Waals surface area contributed by atoms with Crippen LogP contribution in [0, 0.1) is 0 Å². The average Bonchev–Trinajstić information content (AvgIpc) is 0.846. The summed E-state index contributed by atoms with van der Waals surface area (Å²) in [6.07, 6.45) is -9.17. The summed E-state index contributed by atoms with van der Waals surface area (Å²) in [5.41, 5.74) is 16.6. The van der Waals surface area contributed by atoms with Crippen LogP contribution in [0.4, 0.5) is 9.59 Å². The van der Waals surface area contributed by atoms with E-state index in [9.17, 15) is 79.8 Å². The molecule has 43 heteroatoms. The van der Waals surface area contributed by atoms with E-state index < -0.39 is 203 Å². The highest BCUT2D eigenvalue weighted by Gasteiger charge is 2.53. The van der Waals surface area contributed by atoms with Crippen LogP contribution >= 0.6 is 0 Å². The Labute approximate surface area is 845 Å². The highest BCUT2D eigenvalue weighted by Crippen LogP contribution is 2.56. The van der Waals surface area contributed by atoms with Gasteiger partial charge in [-0.3, -0.25) is 29.1 Å². The monoisotopic (exact) mass is 2040 g/mol. The van der Waals surface area contributed by atoms with Crippen molar-refractivity contribution in [2.45, 2.75) is 191 Å². The maximum atomic E-state index is 14.5. The van der Waals surface area contributed by atoms with E-state index in [4.69, 9.17) is 107 Å². The van der Waals surface area contributed by atoms with Crippen LogP contribution in [0.25, 0.3) is 44.4 Å².